The van der Waals surface area contributed by atoms with Crippen LogP contribution in [0.15, 0.2) is 0 Å². The van der Waals surface area contributed by atoms with E-state index in [1.165, 1.54) is 12.8 Å². The van der Waals surface area contributed by atoms with Gasteiger partial charge >= 0.3 is 5.97 Å². The number of carbonyl (C=O) groups is 1. The van der Waals surface area contributed by atoms with Crippen LogP contribution in [0.25, 0.3) is 0 Å². The molecule has 3 nitrogen and oxygen atoms in total. The van der Waals surface area contributed by atoms with Gasteiger partial charge in [-0.15, -0.1) is 11.8 Å². The molecule has 0 aromatic heterocycles. The zero-order valence-electron chi connectivity index (χ0n) is 9.33. The maximum atomic E-state index is 11.4. The molecule has 0 amide bonds. The van der Waals surface area contributed by atoms with Crippen molar-refractivity contribution in [2.24, 2.45) is 0 Å². The molecule has 1 N–H and O–H groups in total. The van der Waals surface area contributed by atoms with Gasteiger partial charge in [-0.3, -0.25) is 4.79 Å². The third-order valence-electron chi connectivity index (χ3n) is 2.97. The van der Waals surface area contributed by atoms with Crippen molar-refractivity contribution < 1.29 is 14.6 Å². The molecule has 1 fully saturated rings. The van der Waals surface area contributed by atoms with Crippen LogP contribution in [0.3, 0.4) is 0 Å². The summed E-state index contributed by atoms with van der Waals surface area (Å²) < 4.78 is 4.44. The minimum atomic E-state index is -0.634. The van der Waals surface area contributed by atoms with Crippen molar-refractivity contribution in [1.29, 1.82) is 0 Å². The second-order valence-corrected chi connectivity index (χ2v) is 5.53. The van der Waals surface area contributed by atoms with Crippen LogP contribution in [0.5, 0.6) is 0 Å². The highest BCUT2D eigenvalue weighted by Crippen LogP contribution is 2.39. The molecule has 0 bridgehead atoms. The fourth-order valence-electron chi connectivity index (χ4n) is 2.04. The average Bonchev–Trinajstić information content (AvgIpc) is 2.45. The summed E-state index contributed by atoms with van der Waals surface area (Å²) >= 11 is 1.57. The number of rotatable bonds is 5. The number of ether oxygens (including phenoxy) is 1. The molecule has 1 saturated carbocycles. The minimum Gasteiger partial charge on any atom is -0.480 e. The molecular formula is C11H20O3S. The van der Waals surface area contributed by atoms with E-state index in [1.54, 1.807) is 18.9 Å². The second-order valence-electron chi connectivity index (χ2n) is 4.05. The first-order chi connectivity index (χ1) is 7.21. The molecule has 0 radical (unpaired) electrons. The lowest BCUT2D eigenvalue weighted by atomic mass is 9.99. The van der Waals surface area contributed by atoms with Gasteiger partial charge in [-0.2, -0.15) is 0 Å². The van der Waals surface area contributed by atoms with E-state index >= 15 is 0 Å². The van der Waals surface area contributed by atoms with Gasteiger partial charge in [0.2, 0.25) is 0 Å². The van der Waals surface area contributed by atoms with Crippen molar-refractivity contribution in [2.45, 2.75) is 43.3 Å². The Kier molecular flexibility index (Phi) is 5.47. The molecule has 0 aromatic rings. The van der Waals surface area contributed by atoms with E-state index in [0.29, 0.717) is 6.61 Å². The lowest BCUT2D eigenvalue weighted by Gasteiger charge is -2.27. The van der Waals surface area contributed by atoms with Crippen molar-refractivity contribution in [3.05, 3.63) is 0 Å². The molecule has 1 rings (SSSR count). The van der Waals surface area contributed by atoms with Crippen LogP contribution >= 0.6 is 11.8 Å². The van der Waals surface area contributed by atoms with Gasteiger partial charge in [-0.25, -0.2) is 0 Å². The summed E-state index contributed by atoms with van der Waals surface area (Å²) in [5.41, 5.74) is 0. The van der Waals surface area contributed by atoms with Gasteiger partial charge in [-0.05, 0) is 12.8 Å². The SMILES string of the molecule is COCCSC1(C(=O)O)CCCCCC1. The first kappa shape index (κ1) is 12.8. The van der Waals surface area contributed by atoms with Crippen LogP contribution in [0.2, 0.25) is 0 Å². The minimum absolute atomic E-state index is 0.533. The maximum absolute atomic E-state index is 11.4. The Morgan fingerprint density at radius 2 is 1.93 bits per heavy atom. The molecule has 1 aliphatic carbocycles. The van der Waals surface area contributed by atoms with Crippen LogP contribution in [0, 0.1) is 0 Å². The first-order valence-corrected chi connectivity index (χ1v) is 6.56. The van der Waals surface area contributed by atoms with Gasteiger partial charge in [0.1, 0.15) is 4.75 Å². The Morgan fingerprint density at radius 1 is 1.33 bits per heavy atom. The highest BCUT2D eigenvalue weighted by atomic mass is 32.2. The summed E-state index contributed by atoms with van der Waals surface area (Å²) in [6.07, 6.45) is 6.09. The Labute approximate surface area is 95.6 Å². The van der Waals surface area contributed by atoms with E-state index in [0.717, 1.165) is 31.4 Å². The molecule has 0 heterocycles. The van der Waals surface area contributed by atoms with Gasteiger partial charge in [0, 0.05) is 12.9 Å². The molecule has 88 valence electrons. The molecule has 0 unspecified atom stereocenters. The van der Waals surface area contributed by atoms with Gasteiger partial charge < -0.3 is 9.84 Å². The molecule has 15 heavy (non-hydrogen) atoms. The van der Waals surface area contributed by atoms with E-state index in [2.05, 4.69) is 0 Å². The summed E-state index contributed by atoms with van der Waals surface area (Å²) in [5, 5.41) is 9.35. The summed E-state index contributed by atoms with van der Waals surface area (Å²) in [5.74, 6) is 0.147. The largest absolute Gasteiger partial charge is 0.480 e. The number of hydrogen-bond donors (Lipinski definition) is 1. The van der Waals surface area contributed by atoms with E-state index in [1.807, 2.05) is 0 Å². The molecular weight excluding hydrogens is 212 g/mol. The molecule has 4 heteroatoms. The topological polar surface area (TPSA) is 46.5 Å². The maximum Gasteiger partial charge on any atom is 0.319 e. The van der Waals surface area contributed by atoms with Gasteiger partial charge in [0.25, 0.3) is 0 Å². The summed E-state index contributed by atoms with van der Waals surface area (Å²) in [7, 11) is 1.65. The molecule has 1 aliphatic rings. The number of aliphatic carboxylic acids is 1. The normalized spacial score (nSPS) is 20.9. The lowest BCUT2D eigenvalue weighted by molar-refractivity contribution is -0.140. The van der Waals surface area contributed by atoms with Crippen LogP contribution in [0.1, 0.15) is 38.5 Å². The van der Waals surface area contributed by atoms with Crippen molar-refractivity contribution in [3.63, 3.8) is 0 Å². The second kappa shape index (κ2) is 6.38. The summed E-state index contributed by atoms with van der Waals surface area (Å²) in [4.78, 5) is 11.4. The van der Waals surface area contributed by atoms with E-state index in [9.17, 15) is 9.90 Å². The van der Waals surface area contributed by atoms with Crippen molar-refractivity contribution in [3.8, 4) is 0 Å². The van der Waals surface area contributed by atoms with Crippen molar-refractivity contribution in [2.75, 3.05) is 19.5 Å². The molecule has 0 aliphatic heterocycles. The number of thioether (sulfide) groups is 1. The number of carboxylic acids is 1. The lowest BCUT2D eigenvalue weighted by Crippen LogP contribution is -2.35. The van der Waals surface area contributed by atoms with Crippen LogP contribution < -0.4 is 0 Å². The molecule has 0 spiro atoms. The highest BCUT2D eigenvalue weighted by molar-refractivity contribution is 8.01. The fraction of sp³-hybridized carbons (Fsp3) is 0.909. The molecule has 0 aromatic carbocycles. The molecule has 0 saturated heterocycles. The van der Waals surface area contributed by atoms with Gasteiger partial charge in [0.15, 0.2) is 0 Å². The first-order valence-electron chi connectivity index (χ1n) is 5.57. The third-order valence-corrected chi connectivity index (χ3v) is 4.47. The fourth-order valence-corrected chi connectivity index (χ4v) is 3.38. The van der Waals surface area contributed by atoms with Gasteiger partial charge in [0.05, 0.1) is 6.61 Å². The number of hydrogen-bond acceptors (Lipinski definition) is 3. The predicted molar refractivity (Wildman–Crippen MR) is 62.4 cm³/mol. The summed E-state index contributed by atoms with van der Waals surface area (Å²) in [6.45, 7) is 0.639. The molecule has 0 atom stereocenters. The Bertz CT molecular complexity index is 198. The van der Waals surface area contributed by atoms with Crippen molar-refractivity contribution in [1.82, 2.24) is 0 Å². The van der Waals surface area contributed by atoms with E-state index in [4.69, 9.17) is 4.74 Å². The smallest absolute Gasteiger partial charge is 0.319 e. The standard InChI is InChI=1S/C11H20O3S/c1-14-8-9-15-11(10(12)13)6-4-2-3-5-7-11/h2-9H2,1H3,(H,12,13). The number of carboxylic acid groups (broad SMARTS) is 1. The Morgan fingerprint density at radius 3 is 2.40 bits per heavy atom. The average molecular weight is 232 g/mol. The van der Waals surface area contributed by atoms with Crippen molar-refractivity contribution >= 4 is 17.7 Å². The third kappa shape index (κ3) is 3.68. The Balaban J connectivity index is 2.55. The highest BCUT2D eigenvalue weighted by Gasteiger charge is 2.38. The Hall–Kier alpha value is -0.220. The van der Waals surface area contributed by atoms with Crippen LogP contribution in [-0.2, 0) is 9.53 Å². The van der Waals surface area contributed by atoms with E-state index in [-0.39, 0.29) is 0 Å². The predicted octanol–water partition coefficient (Wildman–Crippen LogP) is 2.54. The zero-order valence-corrected chi connectivity index (χ0v) is 10.1. The van der Waals surface area contributed by atoms with E-state index < -0.39 is 10.7 Å². The number of methoxy groups -OCH3 is 1. The summed E-state index contributed by atoms with van der Waals surface area (Å²) in [6, 6.07) is 0. The quantitative estimate of drug-likeness (QED) is 0.584. The van der Waals surface area contributed by atoms with Gasteiger partial charge in [-0.1, -0.05) is 25.7 Å². The monoisotopic (exact) mass is 232 g/mol. The zero-order chi connectivity index (χ0) is 11.1. The van der Waals surface area contributed by atoms with Crippen LogP contribution in [-0.4, -0.2) is 35.3 Å². The van der Waals surface area contributed by atoms with Crippen LogP contribution in [0.4, 0.5) is 0 Å².